The summed E-state index contributed by atoms with van der Waals surface area (Å²) in [6, 6.07) is 33.6. The van der Waals surface area contributed by atoms with Crippen molar-refractivity contribution in [1.82, 2.24) is 9.80 Å². The second kappa shape index (κ2) is 11.2. The lowest BCUT2D eigenvalue weighted by atomic mass is 9.96. The molecule has 0 spiro atoms. The summed E-state index contributed by atoms with van der Waals surface area (Å²) in [6.07, 6.45) is 0. The molecule has 4 aromatic rings. The first-order valence-electron chi connectivity index (χ1n) is 12.4. The molecule has 0 radical (unpaired) electrons. The predicted molar refractivity (Wildman–Crippen MR) is 143 cm³/mol. The molecule has 186 valence electrons. The Morgan fingerprint density at radius 3 is 1.76 bits per heavy atom. The Morgan fingerprint density at radius 1 is 0.649 bits per heavy atom. The monoisotopic (exact) mass is 493 g/mol. The third kappa shape index (κ3) is 5.44. The number of benzene rings is 4. The Kier molecular flexibility index (Phi) is 7.38. The molecular formula is C31H28FN3O2. The number of amides is 2. The number of nitrogens with zero attached hydrogens (tertiary/aromatic N) is 2. The summed E-state index contributed by atoms with van der Waals surface area (Å²) in [5.41, 5.74) is 3.13. The second-order valence-electron chi connectivity index (χ2n) is 9.03. The summed E-state index contributed by atoms with van der Waals surface area (Å²) < 4.78 is 14.1. The van der Waals surface area contributed by atoms with Crippen LogP contribution in [0.25, 0.3) is 0 Å². The fraction of sp³-hybridized carbons (Fsp3) is 0.161. The molecule has 1 fully saturated rings. The highest BCUT2D eigenvalue weighted by Gasteiger charge is 2.29. The van der Waals surface area contributed by atoms with E-state index < -0.39 is 11.7 Å². The third-order valence-electron chi connectivity index (χ3n) is 6.72. The van der Waals surface area contributed by atoms with Gasteiger partial charge in [-0.05, 0) is 35.4 Å². The van der Waals surface area contributed by atoms with Gasteiger partial charge in [-0.15, -0.1) is 0 Å². The Morgan fingerprint density at radius 2 is 1.16 bits per heavy atom. The summed E-state index contributed by atoms with van der Waals surface area (Å²) in [6.45, 7) is 2.54. The molecule has 4 aromatic carbocycles. The predicted octanol–water partition coefficient (Wildman–Crippen LogP) is 5.63. The number of rotatable bonds is 6. The number of hydrogen-bond acceptors (Lipinski definition) is 3. The molecule has 37 heavy (non-hydrogen) atoms. The van der Waals surface area contributed by atoms with Crippen LogP contribution >= 0.6 is 0 Å². The number of halogens is 1. The van der Waals surface area contributed by atoms with E-state index in [1.54, 1.807) is 30.3 Å². The fourth-order valence-electron chi connectivity index (χ4n) is 4.85. The summed E-state index contributed by atoms with van der Waals surface area (Å²) in [7, 11) is 0. The van der Waals surface area contributed by atoms with Crippen molar-refractivity contribution in [2.75, 3.05) is 31.5 Å². The molecular weight excluding hydrogens is 465 g/mol. The van der Waals surface area contributed by atoms with Gasteiger partial charge in [0.05, 0.1) is 22.9 Å². The van der Waals surface area contributed by atoms with E-state index in [0.717, 1.165) is 0 Å². The van der Waals surface area contributed by atoms with Gasteiger partial charge < -0.3 is 10.2 Å². The van der Waals surface area contributed by atoms with E-state index in [2.05, 4.69) is 58.7 Å². The summed E-state index contributed by atoms with van der Waals surface area (Å²) in [5.74, 6) is -1.34. The van der Waals surface area contributed by atoms with Crippen molar-refractivity contribution < 1.29 is 14.0 Å². The van der Waals surface area contributed by atoms with Gasteiger partial charge >= 0.3 is 0 Å². The minimum atomic E-state index is -0.605. The number of anilines is 1. The molecule has 1 heterocycles. The van der Waals surface area contributed by atoms with Crippen LogP contribution in [0.15, 0.2) is 109 Å². The van der Waals surface area contributed by atoms with Crippen molar-refractivity contribution in [2.24, 2.45) is 0 Å². The molecule has 5 nitrogen and oxygen atoms in total. The summed E-state index contributed by atoms with van der Waals surface area (Å²) in [4.78, 5) is 30.4. The molecule has 0 atom stereocenters. The highest BCUT2D eigenvalue weighted by Crippen LogP contribution is 2.30. The standard InChI is InChI=1S/C31H28FN3O2/c32-27-17-9-7-15-25(27)30(36)33-28-18-10-8-16-26(28)31(37)35-21-19-34(20-22-35)29(23-11-3-1-4-12-23)24-13-5-2-6-14-24/h1-18,29H,19-22H2,(H,33,36). The Balaban J connectivity index is 1.31. The van der Waals surface area contributed by atoms with Crippen LogP contribution in [0.4, 0.5) is 10.1 Å². The van der Waals surface area contributed by atoms with Crippen LogP contribution in [0, 0.1) is 5.82 Å². The van der Waals surface area contributed by atoms with Crippen LogP contribution in [-0.2, 0) is 0 Å². The number of nitrogens with one attached hydrogen (secondary N) is 1. The molecule has 5 rings (SSSR count). The first-order chi connectivity index (χ1) is 18.1. The van der Waals surface area contributed by atoms with Gasteiger partial charge in [-0.25, -0.2) is 4.39 Å². The average molecular weight is 494 g/mol. The summed E-state index contributed by atoms with van der Waals surface area (Å²) in [5, 5.41) is 2.72. The first kappa shape index (κ1) is 24.4. The zero-order valence-electron chi connectivity index (χ0n) is 20.4. The molecule has 0 aromatic heterocycles. The zero-order valence-corrected chi connectivity index (χ0v) is 20.4. The van der Waals surface area contributed by atoms with Crippen molar-refractivity contribution in [3.63, 3.8) is 0 Å². The normalized spacial score (nSPS) is 13.9. The maximum atomic E-state index is 14.1. The SMILES string of the molecule is O=C(Nc1ccccc1C(=O)N1CCN(C(c2ccccc2)c2ccccc2)CC1)c1ccccc1F. The van der Waals surface area contributed by atoms with Crippen LogP contribution in [0.2, 0.25) is 0 Å². The molecule has 0 aliphatic carbocycles. The van der Waals surface area contributed by atoms with Gasteiger partial charge in [0.2, 0.25) is 0 Å². The first-order valence-corrected chi connectivity index (χ1v) is 12.4. The van der Waals surface area contributed by atoms with E-state index in [9.17, 15) is 14.0 Å². The van der Waals surface area contributed by atoms with Crippen LogP contribution < -0.4 is 5.32 Å². The molecule has 0 unspecified atom stereocenters. The van der Waals surface area contributed by atoms with Crippen molar-refractivity contribution in [1.29, 1.82) is 0 Å². The molecule has 1 aliphatic rings. The van der Waals surface area contributed by atoms with Gasteiger partial charge in [0.25, 0.3) is 11.8 Å². The number of piperazine rings is 1. The maximum absolute atomic E-state index is 14.1. The molecule has 0 saturated carbocycles. The van der Waals surface area contributed by atoms with Gasteiger partial charge in [-0.2, -0.15) is 0 Å². The van der Waals surface area contributed by atoms with Gasteiger partial charge in [0, 0.05) is 26.2 Å². The van der Waals surface area contributed by atoms with E-state index in [1.165, 1.54) is 29.3 Å². The molecule has 2 amide bonds. The molecule has 6 heteroatoms. The lowest BCUT2D eigenvalue weighted by Gasteiger charge is -2.40. The van der Waals surface area contributed by atoms with Gasteiger partial charge in [0.15, 0.2) is 0 Å². The topological polar surface area (TPSA) is 52.7 Å². The zero-order chi connectivity index (χ0) is 25.6. The van der Waals surface area contributed by atoms with Crippen molar-refractivity contribution in [3.8, 4) is 0 Å². The van der Waals surface area contributed by atoms with Crippen LogP contribution in [0.5, 0.6) is 0 Å². The highest BCUT2D eigenvalue weighted by atomic mass is 19.1. The van der Waals surface area contributed by atoms with E-state index in [0.29, 0.717) is 37.4 Å². The lowest BCUT2D eigenvalue weighted by molar-refractivity contribution is 0.0598. The second-order valence-corrected chi connectivity index (χ2v) is 9.03. The number of carbonyl (C=O) groups is 2. The Labute approximate surface area is 216 Å². The molecule has 1 aliphatic heterocycles. The van der Waals surface area contributed by atoms with Gasteiger partial charge in [0.1, 0.15) is 5.82 Å². The van der Waals surface area contributed by atoms with Gasteiger partial charge in [-0.3, -0.25) is 14.5 Å². The largest absolute Gasteiger partial charge is 0.336 e. The number of hydrogen-bond donors (Lipinski definition) is 1. The van der Waals surface area contributed by atoms with E-state index in [-0.39, 0.29) is 17.5 Å². The number of para-hydroxylation sites is 1. The molecule has 1 N–H and O–H groups in total. The average Bonchev–Trinajstić information content (AvgIpc) is 2.95. The minimum absolute atomic E-state index is 0.0637. The van der Waals surface area contributed by atoms with Crippen LogP contribution in [0.1, 0.15) is 37.9 Å². The smallest absolute Gasteiger partial charge is 0.258 e. The summed E-state index contributed by atoms with van der Waals surface area (Å²) >= 11 is 0. The molecule has 1 saturated heterocycles. The Bertz CT molecular complexity index is 1330. The Hall–Kier alpha value is -4.29. The highest BCUT2D eigenvalue weighted by molar-refractivity contribution is 6.09. The third-order valence-corrected chi connectivity index (χ3v) is 6.72. The minimum Gasteiger partial charge on any atom is -0.336 e. The van der Waals surface area contributed by atoms with Crippen LogP contribution in [-0.4, -0.2) is 47.8 Å². The fourth-order valence-corrected chi connectivity index (χ4v) is 4.85. The van der Waals surface area contributed by atoms with Gasteiger partial charge in [-0.1, -0.05) is 84.9 Å². The molecule has 0 bridgehead atoms. The van der Waals surface area contributed by atoms with E-state index in [4.69, 9.17) is 0 Å². The maximum Gasteiger partial charge on any atom is 0.258 e. The van der Waals surface area contributed by atoms with Crippen molar-refractivity contribution in [2.45, 2.75) is 6.04 Å². The number of carbonyl (C=O) groups excluding carboxylic acids is 2. The van der Waals surface area contributed by atoms with Crippen molar-refractivity contribution in [3.05, 3.63) is 137 Å². The van der Waals surface area contributed by atoms with Crippen LogP contribution in [0.3, 0.4) is 0 Å². The van der Waals surface area contributed by atoms with Crippen molar-refractivity contribution >= 4 is 17.5 Å². The quantitative estimate of drug-likeness (QED) is 0.379. The van der Waals surface area contributed by atoms with E-state index in [1.807, 2.05) is 17.0 Å². The lowest BCUT2D eigenvalue weighted by Crippen LogP contribution is -2.50. The van der Waals surface area contributed by atoms with E-state index >= 15 is 0 Å².